The molecule has 0 unspecified atom stereocenters. The van der Waals surface area contributed by atoms with E-state index in [2.05, 4.69) is 0 Å². The topological polar surface area (TPSA) is 67.5 Å². The van der Waals surface area contributed by atoms with Crippen LogP contribution in [-0.2, 0) is 0 Å². The largest absolute Gasteiger partial charge is 0.478 e. The number of hydrogen-bond acceptors (Lipinski definition) is 3. The molecule has 0 spiro atoms. The summed E-state index contributed by atoms with van der Waals surface area (Å²) in [4.78, 5) is 21.6. The Hall–Kier alpha value is -2.07. The monoisotopic (exact) mass is 250 g/mol. The molecule has 0 bridgehead atoms. The van der Waals surface area contributed by atoms with Gasteiger partial charge in [0.1, 0.15) is 5.76 Å². The number of aromatic carboxylic acids is 1. The lowest BCUT2D eigenvalue weighted by molar-refractivity contribution is 0.0697. The van der Waals surface area contributed by atoms with Gasteiger partial charge in [-0.2, -0.15) is 0 Å². The number of furan rings is 1. The summed E-state index contributed by atoms with van der Waals surface area (Å²) in [6, 6.07) is 7.49. The van der Waals surface area contributed by atoms with Gasteiger partial charge in [-0.25, -0.2) is 4.79 Å². The Morgan fingerprint density at radius 2 is 2.06 bits per heavy atom. The molecular weight excluding hydrogens is 244 g/mol. The number of carbonyl (C=O) groups excluding carboxylic acids is 1. The molecule has 17 heavy (non-hydrogen) atoms. The maximum Gasteiger partial charge on any atom is 0.336 e. The Labute approximate surface area is 101 Å². The highest BCUT2D eigenvalue weighted by molar-refractivity contribution is 6.34. The molecule has 2 aromatic rings. The van der Waals surface area contributed by atoms with Gasteiger partial charge in [0.25, 0.3) is 0 Å². The number of carboxylic acid groups (broad SMARTS) is 1. The van der Waals surface area contributed by atoms with E-state index < -0.39 is 5.97 Å². The molecule has 1 N–H and O–H groups in total. The van der Waals surface area contributed by atoms with Crippen LogP contribution in [0.15, 0.2) is 34.7 Å². The zero-order chi connectivity index (χ0) is 12.4. The van der Waals surface area contributed by atoms with Crippen molar-refractivity contribution in [3.05, 3.63) is 46.7 Å². The van der Waals surface area contributed by atoms with Crippen molar-refractivity contribution in [3.63, 3.8) is 0 Å². The number of benzene rings is 1. The summed E-state index contributed by atoms with van der Waals surface area (Å²) in [6.07, 6.45) is 0.542. The van der Waals surface area contributed by atoms with E-state index in [0.717, 1.165) is 0 Å². The Morgan fingerprint density at radius 1 is 1.29 bits per heavy atom. The minimum atomic E-state index is -1.11. The molecule has 1 aromatic heterocycles. The molecule has 0 aliphatic carbocycles. The van der Waals surface area contributed by atoms with E-state index in [1.165, 1.54) is 18.2 Å². The third-order valence-electron chi connectivity index (χ3n) is 2.23. The van der Waals surface area contributed by atoms with Gasteiger partial charge < -0.3 is 9.52 Å². The molecule has 86 valence electrons. The van der Waals surface area contributed by atoms with Crippen molar-refractivity contribution in [1.29, 1.82) is 0 Å². The SMILES string of the molecule is O=Cc1ccc(-c2c(Cl)cccc2C(=O)O)o1. The van der Waals surface area contributed by atoms with Crippen molar-refractivity contribution in [2.24, 2.45) is 0 Å². The molecule has 0 amide bonds. The highest BCUT2D eigenvalue weighted by atomic mass is 35.5. The first-order valence-corrected chi connectivity index (χ1v) is 5.08. The number of halogens is 1. The van der Waals surface area contributed by atoms with Gasteiger partial charge >= 0.3 is 5.97 Å². The summed E-state index contributed by atoms with van der Waals surface area (Å²) in [5.74, 6) is -0.724. The predicted molar refractivity (Wildman–Crippen MR) is 61.5 cm³/mol. The number of carboxylic acids is 1. The van der Waals surface area contributed by atoms with Crippen LogP contribution in [0, 0.1) is 0 Å². The van der Waals surface area contributed by atoms with Gasteiger partial charge in [0, 0.05) is 0 Å². The van der Waals surface area contributed by atoms with Gasteiger partial charge in [-0.05, 0) is 24.3 Å². The first kappa shape index (κ1) is 11.4. The second kappa shape index (κ2) is 4.43. The molecule has 0 atom stereocenters. The fourth-order valence-electron chi connectivity index (χ4n) is 1.50. The Morgan fingerprint density at radius 3 is 2.65 bits per heavy atom. The van der Waals surface area contributed by atoms with Crippen LogP contribution in [0.1, 0.15) is 20.9 Å². The van der Waals surface area contributed by atoms with Crippen molar-refractivity contribution in [2.45, 2.75) is 0 Å². The smallest absolute Gasteiger partial charge is 0.336 e. The van der Waals surface area contributed by atoms with Crippen molar-refractivity contribution < 1.29 is 19.1 Å². The lowest BCUT2D eigenvalue weighted by atomic mass is 10.1. The van der Waals surface area contributed by atoms with Crippen LogP contribution in [-0.4, -0.2) is 17.4 Å². The minimum absolute atomic E-state index is 0.0318. The van der Waals surface area contributed by atoms with Crippen LogP contribution in [0.5, 0.6) is 0 Å². The Bertz CT molecular complexity index is 586. The van der Waals surface area contributed by atoms with E-state index in [9.17, 15) is 9.59 Å². The molecule has 1 aromatic carbocycles. The third kappa shape index (κ3) is 2.07. The van der Waals surface area contributed by atoms with Crippen LogP contribution < -0.4 is 0 Å². The summed E-state index contributed by atoms with van der Waals surface area (Å²) in [6.45, 7) is 0. The van der Waals surface area contributed by atoms with Gasteiger partial charge in [-0.1, -0.05) is 17.7 Å². The summed E-state index contributed by atoms with van der Waals surface area (Å²) >= 11 is 5.95. The third-order valence-corrected chi connectivity index (χ3v) is 2.55. The molecular formula is C12H7ClO4. The standard InChI is InChI=1S/C12H7ClO4/c13-9-3-1-2-8(12(15)16)11(9)10-5-4-7(6-14)17-10/h1-6H,(H,15,16). The molecule has 4 nitrogen and oxygen atoms in total. The number of hydrogen-bond donors (Lipinski definition) is 1. The molecule has 2 rings (SSSR count). The lowest BCUT2D eigenvalue weighted by Crippen LogP contribution is -1.99. The van der Waals surface area contributed by atoms with Crippen LogP contribution in [0.4, 0.5) is 0 Å². The molecule has 0 saturated carbocycles. The van der Waals surface area contributed by atoms with Crippen molar-refractivity contribution in [2.75, 3.05) is 0 Å². The lowest BCUT2D eigenvalue weighted by Gasteiger charge is -2.04. The highest BCUT2D eigenvalue weighted by Gasteiger charge is 2.17. The molecule has 0 aliphatic heterocycles. The van der Waals surface area contributed by atoms with Gasteiger partial charge in [0.05, 0.1) is 16.1 Å². The van der Waals surface area contributed by atoms with Gasteiger partial charge in [-0.3, -0.25) is 4.79 Å². The first-order chi connectivity index (χ1) is 8.13. The van der Waals surface area contributed by atoms with Crippen LogP contribution in [0.3, 0.4) is 0 Å². The minimum Gasteiger partial charge on any atom is -0.478 e. The Balaban J connectivity index is 2.64. The van der Waals surface area contributed by atoms with Crippen molar-refractivity contribution in [3.8, 4) is 11.3 Å². The second-order valence-electron chi connectivity index (χ2n) is 3.29. The van der Waals surface area contributed by atoms with Crippen molar-refractivity contribution in [1.82, 2.24) is 0 Å². The quantitative estimate of drug-likeness (QED) is 0.850. The Kier molecular flexibility index (Phi) is 2.97. The average Bonchev–Trinajstić information content (AvgIpc) is 2.76. The molecule has 1 heterocycles. The summed E-state index contributed by atoms with van der Waals surface area (Å²) in [5.41, 5.74) is 0.305. The summed E-state index contributed by atoms with van der Waals surface area (Å²) in [5, 5.41) is 9.31. The zero-order valence-electron chi connectivity index (χ0n) is 8.51. The van der Waals surface area contributed by atoms with Gasteiger partial charge in [0.15, 0.2) is 12.0 Å². The second-order valence-corrected chi connectivity index (χ2v) is 3.69. The summed E-state index contributed by atoms with van der Waals surface area (Å²) in [7, 11) is 0. The molecule has 0 saturated heterocycles. The van der Waals surface area contributed by atoms with Crippen LogP contribution in [0.25, 0.3) is 11.3 Å². The van der Waals surface area contributed by atoms with E-state index in [0.29, 0.717) is 6.29 Å². The van der Waals surface area contributed by atoms with E-state index in [4.69, 9.17) is 21.1 Å². The van der Waals surface area contributed by atoms with Gasteiger partial charge in [0.2, 0.25) is 0 Å². The molecule has 0 fully saturated rings. The van der Waals surface area contributed by atoms with Gasteiger partial charge in [-0.15, -0.1) is 0 Å². The van der Waals surface area contributed by atoms with Crippen LogP contribution >= 0.6 is 11.6 Å². The van der Waals surface area contributed by atoms with E-state index >= 15 is 0 Å². The number of rotatable bonds is 3. The molecule has 5 heteroatoms. The van der Waals surface area contributed by atoms with E-state index in [1.807, 2.05) is 0 Å². The maximum atomic E-state index is 11.1. The van der Waals surface area contributed by atoms with Crippen molar-refractivity contribution >= 4 is 23.9 Å². The first-order valence-electron chi connectivity index (χ1n) is 4.70. The number of carbonyl (C=O) groups is 2. The highest BCUT2D eigenvalue weighted by Crippen LogP contribution is 2.32. The average molecular weight is 251 g/mol. The van der Waals surface area contributed by atoms with Crippen LogP contribution in [0.2, 0.25) is 5.02 Å². The fourth-order valence-corrected chi connectivity index (χ4v) is 1.77. The maximum absolute atomic E-state index is 11.1. The van der Waals surface area contributed by atoms with E-state index in [-0.39, 0.29) is 27.7 Å². The number of aldehydes is 1. The predicted octanol–water partition coefficient (Wildman–Crippen LogP) is 3.11. The summed E-state index contributed by atoms with van der Waals surface area (Å²) < 4.78 is 5.17. The normalized spacial score (nSPS) is 10.2. The fraction of sp³-hybridized carbons (Fsp3) is 0. The van der Waals surface area contributed by atoms with E-state index in [1.54, 1.807) is 12.1 Å². The molecule has 0 aliphatic rings. The molecule has 0 radical (unpaired) electrons. The zero-order valence-corrected chi connectivity index (χ0v) is 9.27.